The lowest BCUT2D eigenvalue weighted by molar-refractivity contribution is 0.669. The topological polar surface area (TPSA) is 43.9 Å². The summed E-state index contributed by atoms with van der Waals surface area (Å²) in [7, 11) is 0. The van der Waals surface area contributed by atoms with Gasteiger partial charge in [0.1, 0.15) is 11.2 Å². The molecule has 0 fully saturated rings. The quantitative estimate of drug-likeness (QED) is 0.181. The molecule has 0 aliphatic heterocycles. The summed E-state index contributed by atoms with van der Waals surface area (Å²) in [6.07, 6.45) is 0. The molecular formula is C54H31N3O. The van der Waals surface area contributed by atoms with Crippen molar-refractivity contribution in [2.45, 2.75) is 0 Å². The number of aromatic nitrogens is 3. The maximum atomic E-state index is 6.56. The maximum Gasteiger partial charge on any atom is 0.235 e. The smallest absolute Gasteiger partial charge is 0.235 e. The number of rotatable bonds is 4. The van der Waals surface area contributed by atoms with Gasteiger partial charge in [0, 0.05) is 32.5 Å². The summed E-state index contributed by atoms with van der Waals surface area (Å²) in [4.78, 5) is 10.8. The summed E-state index contributed by atoms with van der Waals surface area (Å²) in [5.74, 6) is 0.632. The van der Waals surface area contributed by atoms with Crippen LogP contribution in [0.3, 0.4) is 0 Å². The lowest BCUT2D eigenvalue weighted by Crippen LogP contribution is -2.04. The minimum Gasteiger partial charge on any atom is -0.456 e. The predicted octanol–water partition coefficient (Wildman–Crippen LogP) is 13.9. The third kappa shape index (κ3) is 4.40. The monoisotopic (exact) mass is 737 g/mol. The van der Waals surface area contributed by atoms with Gasteiger partial charge in [-0.25, -0.2) is 9.97 Å². The molecule has 12 aromatic rings. The Kier molecular flexibility index (Phi) is 6.41. The number of hydrogen-bond acceptors (Lipinski definition) is 3. The van der Waals surface area contributed by atoms with Gasteiger partial charge in [-0.1, -0.05) is 146 Å². The normalized spacial score (nSPS) is 12.8. The van der Waals surface area contributed by atoms with Gasteiger partial charge in [0.2, 0.25) is 5.95 Å². The predicted molar refractivity (Wildman–Crippen MR) is 240 cm³/mol. The molecule has 0 N–H and O–H groups in total. The first-order valence-corrected chi connectivity index (χ1v) is 19.7. The van der Waals surface area contributed by atoms with Gasteiger partial charge in [0.15, 0.2) is 0 Å². The SMILES string of the molecule is c1ccc(C2=C(c3ccccc3)c3cccc4c3c3c5c2cccc5ccc3n4-c2nc(-c3ccc4c(c3)oc3cc5ccccc5cc34)c3ccccc3n2)cc1. The van der Waals surface area contributed by atoms with Crippen LogP contribution in [-0.2, 0) is 0 Å². The Hall–Kier alpha value is -7.82. The van der Waals surface area contributed by atoms with Crippen molar-refractivity contribution in [1.29, 1.82) is 0 Å². The first-order valence-electron chi connectivity index (χ1n) is 19.7. The van der Waals surface area contributed by atoms with E-state index < -0.39 is 0 Å². The molecule has 3 heterocycles. The lowest BCUT2D eigenvalue weighted by atomic mass is 9.85. The zero-order chi connectivity index (χ0) is 37.9. The molecule has 0 saturated heterocycles. The summed E-state index contributed by atoms with van der Waals surface area (Å²) in [5, 5.41) is 10.4. The molecule has 4 nitrogen and oxygen atoms in total. The Balaban J connectivity index is 1.11. The summed E-state index contributed by atoms with van der Waals surface area (Å²) in [6.45, 7) is 0. The van der Waals surface area contributed by atoms with Crippen molar-refractivity contribution in [1.82, 2.24) is 14.5 Å². The van der Waals surface area contributed by atoms with Crippen LogP contribution in [0.4, 0.5) is 0 Å². The van der Waals surface area contributed by atoms with E-state index in [4.69, 9.17) is 14.4 Å². The van der Waals surface area contributed by atoms with Crippen molar-refractivity contribution in [2.24, 2.45) is 0 Å². The summed E-state index contributed by atoms with van der Waals surface area (Å²) >= 11 is 0. The molecule has 1 aliphatic carbocycles. The zero-order valence-electron chi connectivity index (χ0n) is 31.1. The Bertz CT molecular complexity index is 3720. The standard InChI is InChI=1S/C54H31N3O/c1-3-13-32(14-4-1)48-40-21-11-19-34-26-28-45-52(50(34)40)51-41(49(48)33-15-5-2-6-16-33)22-12-24-44(51)57(45)54-55-43-23-10-9-20-39(43)53(56-54)37-25-27-38-42-29-35-17-7-8-18-36(35)30-47(42)58-46(38)31-37/h1-31H. The van der Waals surface area contributed by atoms with Crippen LogP contribution in [0.1, 0.15) is 22.3 Å². The largest absolute Gasteiger partial charge is 0.456 e. The highest BCUT2D eigenvalue weighted by molar-refractivity contribution is 6.31. The summed E-state index contributed by atoms with van der Waals surface area (Å²) < 4.78 is 8.84. The van der Waals surface area contributed by atoms with E-state index in [0.29, 0.717) is 5.95 Å². The van der Waals surface area contributed by atoms with Gasteiger partial charge < -0.3 is 4.42 Å². The Labute approximate surface area is 332 Å². The van der Waals surface area contributed by atoms with Gasteiger partial charge >= 0.3 is 0 Å². The van der Waals surface area contributed by atoms with E-state index >= 15 is 0 Å². The van der Waals surface area contributed by atoms with Gasteiger partial charge in [-0.15, -0.1) is 0 Å². The third-order valence-electron chi connectivity index (χ3n) is 12.1. The maximum absolute atomic E-state index is 6.56. The van der Waals surface area contributed by atoms with E-state index in [1.54, 1.807) is 0 Å². The first kappa shape index (κ1) is 31.4. The number of furan rings is 1. The fourth-order valence-electron chi connectivity index (χ4n) is 9.63. The van der Waals surface area contributed by atoms with Crippen molar-refractivity contribution in [2.75, 3.05) is 0 Å². The lowest BCUT2D eigenvalue weighted by Gasteiger charge is -2.19. The van der Waals surface area contributed by atoms with E-state index in [1.165, 1.54) is 60.3 Å². The molecule has 9 aromatic carbocycles. The molecule has 13 rings (SSSR count). The Morgan fingerprint density at radius 1 is 0.379 bits per heavy atom. The molecule has 3 aromatic heterocycles. The van der Waals surface area contributed by atoms with Crippen molar-refractivity contribution in [3.8, 4) is 17.2 Å². The molecule has 0 amide bonds. The molecule has 4 heteroatoms. The highest BCUT2D eigenvalue weighted by atomic mass is 16.3. The summed E-state index contributed by atoms with van der Waals surface area (Å²) in [5.41, 5.74) is 13.8. The molecular weight excluding hydrogens is 707 g/mol. The van der Waals surface area contributed by atoms with Gasteiger partial charge in [0.05, 0.1) is 22.2 Å². The van der Waals surface area contributed by atoms with Gasteiger partial charge in [-0.05, 0) is 97.4 Å². The van der Waals surface area contributed by atoms with Crippen molar-refractivity contribution in [3.05, 3.63) is 210 Å². The molecule has 0 spiro atoms. The molecule has 1 aliphatic rings. The second kappa shape index (κ2) is 11.8. The second-order valence-electron chi connectivity index (χ2n) is 15.3. The van der Waals surface area contributed by atoms with Crippen LogP contribution < -0.4 is 0 Å². The molecule has 0 saturated carbocycles. The van der Waals surface area contributed by atoms with Crippen molar-refractivity contribution >= 4 is 87.3 Å². The van der Waals surface area contributed by atoms with E-state index in [0.717, 1.165) is 60.5 Å². The van der Waals surface area contributed by atoms with Crippen LogP contribution in [-0.4, -0.2) is 14.5 Å². The molecule has 0 unspecified atom stereocenters. The average molecular weight is 738 g/mol. The molecule has 58 heavy (non-hydrogen) atoms. The highest BCUT2D eigenvalue weighted by Gasteiger charge is 2.28. The Morgan fingerprint density at radius 3 is 1.81 bits per heavy atom. The van der Waals surface area contributed by atoms with E-state index in [-0.39, 0.29) is 0 Å². The van der Waals surface area contributed by atoms with Gasteiger partial charge in [-0.2, -0.15) is 0 Å². The molecule has 0 bridgehead atoms. The molecule has 268 valence electrons. The fraction of sp³-hybridized carbons (Fsp3) is 0. The van der Waals surface area contributed by atoms with Crippen LogP contribution >= 0.6 is 0 Å². The number of nitrogens with zero attached hydrogens (tertiary/aromatic N) is 3. The number of benzene rings is 9. The first-order chi connectivity index (χ1) is 28.8. The zero-order valence-corrected chi connectivity index (χ0v) is 31.1. The van der Waals surface area contributed by atoms with Crippen LogP contribution in [0.15, 0.2) is 192 Å². The highest BCUT2D eigenvalue weighted by Crippen LogP contribution is 2.50. The summed E-state index contributed by atoms with van der Waals surface area (Å²) in [6, 6.07) is 67.3. The minimum absolute atomic E-state index is 0.632. The third-order valence-corrected chi connectivity index (χ3v) is 12.1. The average Bonchev–Trinajstić information content (AvgIpc) is 3.78. The van der Waals surface area contributed by atoms with E-state index in [9.17, 15) is 0 Å². The van der Waals surface area contributed by atoms with Gasteiger partial charge in [0.25, 0.3) is 0 Å². The fourth-order valence-corrected chi connectivity index (χ4v) is 9.63. The Morgan fingerprint density at radius 2 is 1.02 bits per heavy atom. The van der Waals surface area contributed by atoms with E-state index in [1.807, 2.05) is 0 Å². The van der Waals surface area contributed by atoms with E-state index in [2.05, 4.69) is 193 Å². The second-order valence-corrected chi connectivity index (χ2v) is 15.3. The molecule has 0 radical (unpaired) electrons. The van der Waals surface area contributed by atoms with Crippen LogP contribution in [0.2, 0.25) is 0 Å². The van der Waals surface area contributed by atoms with Crippen LogP contribution in [0, 0.1) is 0 Å². The van der Waals surface area contributed by atoms with Crippen LogP contribution in [0.5, 0.6) is 0 Å². The van der Waals surface area contributed by atoms with Crippen molar-refractivity contribution in [3.63, 3.8) is 0 Å². The van der Waals surface area contributed by atoms with Crippen molar-refractivity contribution < 1.29 is 4.42 Å². The number of para-hydroxylation sites is 1. The minimum atomic E-state index is 0.632. The molecule has 0 atom stereocenters. The van der Waals surface area contributed by atoms with Gasteiger partial charge in [-0.3, -0.25) is 4.57 Å². The van der Waals surface area contributed by atoms with Crippen LogP contribution in [0.25, 0.3) is 105 Å². The number of fused-ring (bicyclic) bond motifs is 5. The number of hydrogen-bond donors (Lipinski definition) is 0.